The van der Waals surface area contributed by atoms with Crippen molar-refractivity contribution in [2.45, 2.75) is 39.0 Å². The summed E-state index contributed by atoms with van der Waals surface area (Å²) in [5.41, 5.74) is 0.934. The first kappa shape index (κ1) is 9.44. The zero-order valence-electron chi connectivity index (χ0n) is 8.71. The van der Waals surface area contributed by atoms with E-state index >= 15 is 0 Å². The van der Waals surface area contributed by atoms with Crippen LogP contribution in [0.3, 0.4) is 0 Å². The molecule has 0 amide bonds. The molecule has 1 saturated carbocycles. The summed E-state index contributed by atoms with van der Waals surface area (Å²) in [6.45, 7) is 4.28. The first-order valence-corrected chi connectivity index (χ1v) is 5.25. The van der Waals surface area contributed by atoms with Crippen LogP contribution in [0.4, 0.5) is 0 Å². The highest BCUT2D eigenvalue weighted by Gasteiger charge is 2.26. The van der Waals surface area contributed by atoms with E-state index in [2.05, 4.69) is 23.8 Å². The van der Waals surface area contributed by atoms with Crippen LogP contribution in [0, 0.1) is 5.92 Å². The van der Waals surface area contributed by atoms with Crippen LogP contribution in [0.5, 0.6) is 0 Å². The molecule has 1 heterocycles. The van der Waals surface area contributed by atoms with E-state index in [1.54, 1.807) is 6.07 Å². The number of hydrogen-bond acceptors (Lipinski definition) is 2. The molecule has 1 aliphatic carbocycles. The third-order valence-corrected chi connectivity index (χ3v) is 2.39. The second-order valence-electron chi connectivity index (χ2n) is 4.49. The lowest BCUT2D eigenvalue weighted by Gasteiger charge is -2.05. The quantitative estimate of drug-likeness (QED) is 0.794. The van der Waals surface area contributed by atoms with Crippen LogP contribution in [0.1, 0.15) is 44.1 Å². The van der Waals surface area contributed by atoms with Gasteiger partial charge in [0.1, 0.15) is 5.82 Å². The lowest BCUT2D eigenvalue weighted by Crippen LogP contribution is -2.13. The Bertz CT molecular complexity index is 377. The van der Waals surface area contributed by atoms with Crippen LogP contribution in [0.15, 0.2) is 10.9 Å². The highest BCUT2D eigenvalue weighted by Crippen LogP contribution is 2.37. The smallest absolute Gasteiger partial charge is 0.251 e. The number of nitrogens with one attached hydrogen (secondary N) is 1. The molecule has 14 heavy (non-hydrogen) atoms. The van der Waals surface area contributed by atoms with Gasteiger partial charge >= 0.3 is 0 Å². The SMILES string of the molecule is CC(C)Cc1cc(=O)[nH]c(C2CC2)n1. The molecule has 3 nitrogen and oxygen atoms in total. The van der Waals surface area contributed by atoms with Crippen molar-refractivity contribution in [2.24, 2.45) is 5.92 Å². The van der Waals surface area contributed by atoms with Gasteiger partial charge in [-0.05, 0) is 25.2 Å². The third-order valence-electron chi connectivity index (χ3n) is 2.39. The standard InChI is InChI=1S/C11H16N2O/c1-7(2)5-9-6-10(14)13-11(12-9)8-3-4-8/h6-8H,3-5H2,1-2H3,(H,12,13,14). The predicted octanol–water partition coefficient (Wildman–Crippen LogP) is 1.85. The summed E-state index contributed by atoms with van der Waals surface area (Å²) < 4.78 is 0. The van der Waals surface area contributed by atoms with Crippen molar-refractivity contribution >= 4 is 0 Å². The lowest BCUT2D eigenvalue weighted by molar-refractivity contribution is 0.629. The first-order valence-electron chi connectivity index (χ1n) is 5.25. The third kappa shape index (κ3) is 2.22. The maximum atomic E-state index is 11.3. The van der Waals surface area contributed by atoms with Crippen LogP contribution in [0.2, 0.25) is 0 Å². The molecule has 1 N–H and O–H groups in total. The molecule has 1 aromatic heterocycles. The van der Waals surface area contributed by atoms with E-state index in [1.165, 1.54) is 12.8 Å². The summed E-state index contributed by atoms with van der Waals surface area (Å²) in [7, 11) is 0. The average molecular weight is 192 g/mol. The van der Waals surface area contributed by atoms with Crippen LogP contribution in [-0.2, 0) is 6.42 Å². The summed E-state index contributed by atoms with van der Waals surface area (Å²) >= 11 is 0. The molecular weight excluding hydrogens is 176 g/mol. The van der Waals surface area contributed by atoms with Crippen molar-refractivity contribution in [1.29, 1.82) is 0 Å². The molecule has 0 spiro atoms. The fourth-order valence-corrected chi connectivity index (χ4v) is 1.60. The Hall–Kier alpha value is -1.12. The molecular formula is C11H16N2O. The summed E-state index contributed by atoms with van der Waals surface area (Å²) in [5, 5.41) is 0. The fourth-order valence-electron chi connectivity index (χ4n) is 1.60. The van der Waals surface area contributed by atoms with Crippen LogP contribution < -0.4 is 5.56 Å². The summed E-state index contributed by atoms with van der Waals surface area (Å²) in [6, 6.07) is 1.62. The highest BCUT2D eigenvalue weighted by molar-refractivity contribution is 5.10. The topological polar surface area (TPSA) is 45.8 Å². The van der Waals surface area contributed by atoms with E-state index in [9.17, 15) is 4.79 Å². The fraction of sp³-hybridized carbons (Fsp3) is 0.636. The molecule has 0 aromatic carbocycles. The summed E-state index contributed by atoms with van der Waals surface area (Å²) in [6.07, 6.45) is 3.24. The number of hydrogen-bond donors (Lipinski definition) is 1. The summed E-state index contributed by atoms with van der Waals surface area (Å²) in [5.74, 6) is 1.97. The number of aromatic nitrogens is 2. The van der Waals surface area contributed by atoms with Crippen molar-refractivity contribution < 1.29 is 0 Å². The van der Waals surface area contributed by atoms with E-state index in [0.717, 1.165) is 17.9 Å². The second kappa shape index (κ2) is 3.56. The molecule has 0 atom stereocenters. The van der Waals surface area contributed by atoms with Crippen molar-refractivity contribution in [3.05, 3.63) is 27.9 Å². The largest absolute Gasteiger partial charge is 0.310 e. The van der Waals surface area contributed by atoms with Gasteiger partial charge in [0, 0.05) is 17.7 Å². The van der Waals surface area contributed by atoms with Gasteiger partial charge in [0.25, 0.3) is 5.56 Å². The van der Waals surface area contributed by atoms with Gasteiger partial charge in [-0.3, -0.25) is 4.79 Å². The Labute approximate surface area is 83.6 Å². The highest BCUT2D eigenvalue weighted by atomic mass is 16.1. The monoisotopic (exact) mass is 192 g/mol. The van der Waals surface area contributed by atoms with Gasteiger partial charge in [0.05, 0.1) is 0 Å². The molecule has 0 bridgehead atoms. The van der Waals surface area contributed by atoms with Crippen molar-refractivity contribution in [2.75, 3.05) is 0 Å². The van der Waals surface area contributed by atoms with Gasteiger partial charge in [-0.25, -0.2) is 4.98 Å². The van der Waals surface area contributed by atoms with E-state index in [0.29, 0.717) is 11.8 Å². The maximum Gasteiger partial charge on any atom is 0.251 e. The molecule has 0 unspecified atom stereocenters. The summed E-state index contributed by atoms with van der Waals surface area (Å²) in [4.78, 5) is 18.6. The van der Waals surface area contributed by atoms with E-state index in [1.807, 2.05) is 0 Å². The number of aromatic amines is 1. The Morgan fingerprint density at radius 1 is 1.57 bits per heavy atom. The molecule has 1 aromatic rings. The molecule has 76 valence electrons. The van der Waals surface area contributed by atoms with Crippen molar-refractivity contribution in [3.8, 4) is 0 Å². The Balaban J connectivity index is 2.26. The molecule has 0 radical (unpaired) electrons. The average Bonchev–Trinajstić information content (AvgIpc) is 2.82. The van der Waals surface area contributed by atoms with Gasteiger partial charge in [-0.15, -0.1) is 0 Å². The second-order valence-corrected chi connectivity index (χ2v) is 4.49. The minimum absolute atomic E-state index is 0.00227. The Kier molecular flexibility index (Phi) is 2.40. The predicted molar refractivity (Wildman–Crippen MR) is 55.4 cm³/mol. The van der Waals surface area contributed by atoms with E-state index in [4.69, 9.17) is 0 Å². The molecule has 1 fully saturated rings. The van der Waals surface area contributed by atoms with E-state index < -0.39 is 0 Å². The van der Waals surface area contributed by atoms with Crippen molar-refractivity contribution in [3.63, 3.8) is 0 Å². The van der Waals surface area contributed by atoms with Crippen molar-refractivity contribution in [1.82, 2.24) is 9.97 Å². The normalized spacial score (nSPS) is 16.2. The van der Waals surface area contributed by atoms with Gasteiger partial charge in [-0.2, -0.15) is 0 Å². The number of rotatable bonds is 3. The Morgan fingerprint density at radius 2 is 2.29 bits per heavy atom. The van der Waals surface area contributed by atoms with Crippen LogP contribution in [-0.4, -0.2) is 9.97 Å². The molecule has 0 saturated heterocycles. The molecule has 3 heteroatoms. The van der Waals surface area contributed by atoms with E-state index in [-0.39, 0.29) is 5.56 Å². The van der Waals surface area contributed by atoms with Crippen LogP contribution >= 0.6 is 0 Å². The minimum atomic E-state index is -0.00227. The first-order chi connectivity index (χ1) is 6.65. The molecule has 1 aliphatic rings. The van der Waals surface area contributed by atoms with Gasteiger partial charge in [0.15, 0.2) is 0 Å². The van der Waals surface area contributed by atoms with Gasteiger partial charge in [-0.1, -0.05) is 13.8 Å². The lowest BCUT2D eigenvalue weighted by atomic mass is 10.1. The molecule has 2 rings (SSSR count). The minimum Gasteiger partial charge on any atom is -0.310 e. The number of nitrogens with zero attached hydrogens (tertiary/aromatic N) is 1. The maximum absolute atomic E-state index is 11.3. The number of H-pyrrole nitrogens is 1. The van der Waals surface area contributed by atoms with Gasteiger partial charge < -0.3 is 4.98 Å². The Morgan fingerprint density at radius 3 is 2.86 bits per heavy atom. The van der Waals surface area contributed by atoms with Crippen LogP contribution in [0.25, 0.3) is 0 Å². The zero-order chi connectivity index (χ0) is 10.1. The zero-order valence-corrected chi connectivity index (χ0v) is 8.71. The molecule has 0 aliphatic heterocycles. The van der Waals surface area contributed by atoms with Gasteiger partial charge in [0.2, 0.25) is 0 Å².